The number of hydrogen-bond acceptors (Lipinski definition) is 3. The molecule has 4 nitrogen and oxygen atoms in total. The first-order chi connectivity index (χ1) is 9.85. The molecule has 0 atom stereocenters. The zero-order chi connectivity index (χ0) is 15.6. The monoisotopic (exact) mass is 320 g/mol. The van der Waals surface area contributed by atoms with E-state index in [1.54, 1.807) is 44.2 Å². The zero-order valence-corrected chi connectivity index (χ0v) is 13.1. The Bertz CT molecular complexity index is 839. The second-order valence-corrected chi connectivity index (χ2v) is 6.67. The lowest BCUT2D eigenvalue weighted by Gasteiger charge is -2.13. The van der Waals surface area contributed by atoms with Crippen LogP contribution >= 0.6 is 11.6 Å². The van der Waals surface area contributed by atoms with Crippen LogP contribution in [0, 0.1) is 25.2 Å². The number of benzene rings is 2. The summed E-state index contributed by atoms with van der Waals surface area (Å²) >= 11 is 5.99. The lowest BCUT2D eigenvalue weighted by molar-refractivity contribution is 0.600. The van der Waals surface area contributed by atoms with Crippen molar-refractivity contribution in [1.82, 2.24) is 0 Å². The minimum Gasteiger partial charge on any atom is -0.279 e. The highest BCUT2D eigenvalue weighted by Crippen LogP contribution is 2.26. The van der Waals surface area contributed by atoms with Crippen molar-refractivity contribution >= 4 is 27.3 Å². The van der Waals surface area contributed by atoms with E-state index in [1.165, 1.54) is 6.07 Å². The average molecular weight is 321 g/mol. The highest BCUT2D eigenvalue weighted by Gasteiger charge is 2.19. The molecule has 2 aromatic carbocycles. The molecule has 6 heteroatoms. The van der Waals surface area contributed by atoms with Gasteiger partial charge >= 0.3 is 0 Å². The predicted molar refractivity (Wildman–Crippen MR) is 82.9 cm³/mol. The summed E-state index contributed by atoms with van der Waals surface area (Å²) in [4.78, 5) is 0.0842. The first kappa shape index (κ1) is 15.4. The topological polar surface area (TPSA) is 70.0 Å². The van der Waals surface area contributed by atoms with Crippen LogP contribution in [0.2, 0.25) is 5.02 Å². The third kappa shape index (κ3) is 3.18. The van der Waals surface area contributed by atoms with Crippen LogP contribution in [0.15, 0.2) is 41.3 Å². The molecule has 0 aliphatic carbocycles. The van der Waals surface area contributed by atoms with Gasteiger partial charge in [-0.05, 0) is 49.2 Å². The normalized spacial score (nSPS) is 11.0. The van der Waals surface area contributed by atoms with Crippen molar-refractivity contribution in [3.05, 3.63) is 58.1 Å². The molecule has 0 saturated heterocycles. The quantitative estimate of drug-likeness (QED) is 0.938. The highest BCUT2D eigenvalue weighted by atomic mass is 35.5. The van der Waals surface area contributed by atoms with Gasteiger partial charge in [0.25, 0.3) is 10.0 Å². The van der Waals surface area contributed by atoms with E-state index >= 15 is 0 Å². The van der Waals surface area contributed by atoms with Gasteiger partial charge in [-0.2, -0.15) is 5.26 Å². The Morgan fingerprint density at radius 3 is 2.57 bits per heavy atom. The summed E-state index contributed by atoms with van der Waals surface area (Å²) in [6.45, 7) is 3.42. The zero-order valence-electron chi connectivity index (χ0n) is 11.5. The van der Waals surface area contributed by atoms with Gasteiger partial charge in [0.1, 0.15) is 0 Å². The van der Waals surface area contributed by atoms with Crippen molar-refractivity contribution in [3.8, 4) is 6.07 Å². The van der Waals surface area contributed by atoms with E-state index in [0.29, 0.717) is 27.4 Å². The van der Waals surface area contributed by atoms with E-state index in [9.17, 15) is 8.42 Å². The summed E-state index contributed by atoms with van der Waals surface area (Å²) in [5.41, 5.74) is 1.94. The first-order valence-electron chi connectivity index (χ1n) is 6.14. The van der Waals surface area contributed by atoms with Crippen molar-refractivity contribution in [3.63, 3.8) is 0 Å². The number of nitrogens with one attached hydrogen (secondary N) is 1. The standard InChI is InChI=1S/C15H13ClN2O2S/c1-10-6-7-12(9-17)8-15(10)21(19,20)18-14-5-3-4-13(16)11(14)2/h3-8,18H,1-2H3. The molecule has 0 spiro atoms. The third-order valence-corrected chi connectivity index (χ3v) is 5.04. The van der Waals surface area contributed by atoms with E-state index in [2.05, 4.69) is 4.72 Å². The van der Waals surface area contributed by atoms with Crippen LogP contribution in [0.25, 0.3) is 0 Å². The Hall–Kier alpha value is -2.03. The predicted octanol–water partition coefficient (Wildman–Crippen LogP) is 3.63. The van der Waals surface area contributed by atoms with Crippen LogP contribution in [0.5, 0.6) is 0 Å². The third-order valence-electron chi connectivity index (χ3n) is 3.12. The molecule has 0 heterocycles. The van der Waals surface area contributed by atoms with Gasteiger partial charge in [0.15, 0.2) is 0 Å². The van der Waals surface area contributed by atoms with Crippen LogP contribution < -0.4 is 4.72 Å². The molecule has 0 amide bonds. The van der Waals surface area contributed by atoms with Crippen LogP contribution in [0.4, 0.5) is 5.69 Å². The molecule has 0 aliphatic heterocycles. The van der Waals surface area contributed by atoms with E-state index in [0.717, 1.165) is 0 Å². The number of hydrogen-bond donors (Lipinski definition) is 1. The summed E-state index contributed by atoms with van der Waals surface area (Å²) in [5, 5.41) is 9.39. The number of aryl methyl sites for hydroxylation is 1. The first-order valence-corrected chi connectivity index (χ1v) is 8.00. The summed E-state index contributed by atoms with van der Waals surface area (Å²) < 4.78 is 27.5. The van der Waals surface area contributed by atoms with Crippen LogP contribution in [0.1, 0.15) is 16.7 Å². The van der Waals surface area contributed by atoms with Crippen molar-refractivity contribution in [2.75, 3.05) is 4.72 Å². The fraction of sp³-hybridized carbons (Fsp3) is 0.133. The van der Waals surface area contributed by atoms with Gasteiger partial charge in [0.2, 0.25) is 0 Å². The molecule has 0 fully saturated rings. The van der Waals surface area contributed by atoms with E-state index < -0.39 is 10.0 Å². The van der Waals surface area contributed by atoms with E-state index in [1.807, 2.05) is 6.07 Å². The molecule has 21 heavy (non-hydrogen) atoms. The summed E-state index contributed by atoms with van der Waals surface area (Å²) in [7, 11) is -3.78. The molecule has 0 aliphatic rings. The Labute approximate surface area is 129 Å². The maximum atomic E-state index is 12.5. The Kier molecular flexibility index (Phi) is 4.21. The molecule has 0 unspecified atom stereocenters. The average Bonchev–Trinajstić information content (AvgIpc) is 2.44. The number of nitriles is 1. The van der Waals surface area contributed by atoms with Crippen LogP contribution in [0.3, 0.4) is 0 Å². The second kappa shape index (κ2) is 5.76. The number of halogens is 1. The van der Waals surface area contributed by atoms with Gasteiger partial charge in [0, 0.05) is 5.02 Å². The molecular formula is C15H13ClN2O2S. The number of nitrogens with zero attached hydrogens (tertiary/aromatic N) is 1. The van der Waals surface area contributed by atoms with Crippen molar-refractivity contribution < 1.29 is 8.42 Å². The molecule has 0 radical (unpaired) electrons. The van der Waals surface area contributed by atoms with E-state index in [4.69, 9.17) is 16.9 Å². The van der Waals surface area contributed by atoms with Gasteiger partial charge in [-0.15, -0.1) is 0 Å². The molecule has 2 rings (SSSR count). The van der Waals surface area contributed by atoms with Crippen LogP contribution in [-0.4, -0.2) is 8.42 Å². The number of rotatable bonds is 3. The van der Waals surface area contributed by atoms with Crippen molar-refractivity contribution in [2.24, 2.45) is 0 Å². The Morgan fingerprint density at radius 1 is 1.19 bits per heavy atom. The Morgan fingerprint density at radius 2 is 1.90 bits per heavy atom. The van der Waals surface area contributed by atoms with Crippen molar-refractivity contribution in [1.29, 1.82) is 5.26 Å². The minimum absolute atomic E-state index is 0.0842. The van der Waals surface area contributed by atoms with Crippen LogP contribution in [-0.2, 0) is 10.0 Å². The molecule has 0 aromatic heterocycles. The minimum atomic E-state index is -3.78. The molecule has 1 N–H and O–H groups in total. The molecule has 2 aromatic rings. The maximum Gasteiger partial charge on any atom is 0.262 e. The Balaban J connectivity index is 2.49. The molecule has 0 saturated carbocycles. The maximum absolute atomic E-state index is 12.5. The largest absolute Gasteiger partial charge is 0.279 e. The molecular weight excluding hydrogens is 308 g/mol. The van der Waals surface area contributed by atoms with Gasteiger partial charge in [-0.3, -0.25) is 4.72 Å². The van der Waals surface area contributed by atoms with Gasteiger partial charge in [-0.1, -0.05) is 23.7 Å². The van der Waals surface area contributed by atoms with E-state index in [-0.39, 0.29) is 4.90 Å². The SMILES string of the molecule is Cc1ccc(C#N)cc1S(=O)(=O)Nc1cccc(Cl)c1C. The lowest BCUT2D eigenvalue weighted by atomic mass is 10.2. The fourth-order valence-corrected chi connectivity index (χ4v) is 3.45. The van der Waals surface area contributed by atoms with Gasteiger partial charge in [-0.25, -0.2) is 8.42 Å². The second-order valence-electron chi connectivity index (χ2n) is 4.61. The molecule has 0 bridgehead atoms. The smallest absolute Gasteiger partial charge is 0.262 e. The number of sulfonamides is 1. The summed E-state index contributed by atoms with van der Waals surface area (Å²) in [6, 6.07) is 11.5. The van der Waals surface area contributed by atoms with Gasteiger partial charge in [0.05, 0.1) is 22.2 Å². The van der Waals surface area contributed by atoms with Gasteiger partial charge < -0.3 is 0 Å². The highest BCUT2D eigenvalue weighted by molar-refractivity contribution is 7.92. The fourth-order valence-electron chi connectivity index (χ4n) is 1.88. The summed E-state index contributed by atoms with van der Waals surface area (Å²) in [5.74, 6) is 0. The lowest BCUT2D eigenvalue weighted by Crippen LogP contribution is -2.15. The summed E-state index contributed by atoms with van der Waals surface area (Å²) in [6.07, 6.45) is 0. The number of anilines is 1. The molecule has 108 valence electrons. The van der Waals surface area contributed by atoms with Crippen molar-refractivity contribution in [2.45, 2.75) is 18.7 Å².